The largest absolute Gasteiger partial charge is 0.375 e. The third-order valence-corrected chi connectivity index (χ3v) is 4.33. The first kappa shape index (κ1) is 14.5. The van der Waals surface area contributed by atoms with Crippen molar-refractivity contribution < 1.29 is 9.53 Å². The number of carbonyl (C=O) groups is 1. The summed E-state index contributed by atoms with van der Waals surface area (Å²) in [6.07, 6.45) is 5.42. The molecule has 1 aromatic heterocycles. The number of nitrogens with one attached hydrogen (secondary N) is 1. The molecular weight excluding hydrogens is 270 g/mol. The summed E-state index contributed by atoms with van der Waals surface area (Å²) in [6, 6.07) is -0.205. The highest BCUT2D eigenvalue weighted by molar-refractivity contribution is 5.82. The summed E-state index contributed by atoms with van der Waals surface area (Å²) in [4.78, 5) is 18.6. The molecule has 0 spiro atoms. The summed E-state index contributed by atoms with van der Waals surface area (Å²) in [5, 5.41) is 7.43. The van der Waals surface area contributed by atoms with Gasteiger partial charge in [0.2, 0.25) is 5.91 Å². The predicted molar refractivity (Wildman–Crippen MR) is 76.5 cm³/mol. The van der Waals surface area contributed by atoms with E-state index in [0.717, 1.165) is 39.0 Å². The SMILES string of the molecule is C[C@H]1OCCN[C@@H]1C(=O)N1CCCC(Cn2cncn2)C1. The number of amides is 1. The van der Waals surface area contributed by atoms with Crippen LogP contribution >= 0.6 is 0 Å². The Labute approximate surface area is 124 Å². The van der Waals surface area contributed by atoms with Crippen LogP contribution in [0.3, 0.4) is 0 Å². The number of morpholine rings is 1. The molecule has 0 radical (unpaired) electrons. The minimum atomic E-state index is -0.205. The van der Waals surface area contributed by atoms with Crippen molar-refractivity contribution >= 4 is 5.91 Å². The summed E-state index contributed by atoms with van der Waals surface area (Å²) in [5.41, 5.74) is 0. The summed E-state index contributed by atoms with van der Waals surface area (Å²) in [5.74, 6) is 0.620. The van der Waals surface area contributed by atoms with Crippen molar-refractivity contribution in [3.63, 3.8) is 0 Å². The van der Waals surface area contributed by atoms with E-state index >= 15 is 0 Å². The Kier molecular flexibility index (Phi) is 4.50. The van der Waals surface area contributed by atoms with Gasteiger partial charge < -0.3 is 15.0 Å². The van der Waals surface area contributed by atoms with Crippen molar-refractivity contribution in [2.75, 3.05) is 26.2 Å². The van der Waals surface area contributed by atoms with Crippen molar-refractivity contribution in [2.45, 2.75) is 38.5 Å². The second kappa shape index (κ2) is 6.53. The number of likely N-dealkylation sites (tertiary alicyclic amines) is 1. The Morgan fingerprint density at radius 1 is 1.52 bits per heavy atom. The zero-order valence-corrected chi connectivity index (χ0v) is 12.4. The number of piperidine rings is 1. The molecular formula is C14H23N5O2. The lowest BCUT2D eigenvalue weighted by Gasteiger charge is -2.38. The van der Waals surface area contributed by atoms with Gasteiger partial charge in [-0.05, 0) is 25.7 Å². The minimum absolute atomic E-state index is 0.0538. The van der Waals surface area contributed by atoms with Crippen LogP contribution in [0.5, 0.6) is 0 Å². The first-order valence-corrected chi connectivity index (χ1v) is 7.70. The number of ether oxygens (including phenoxy) is 1. The molecule has 0 aliphatic carbocycles. The third kappa shape index (κ3) is 3.41. The molecule has 2 saturated heterocycles. The lowest BCUT2D eigenvalue weighted by molar-refractivity contribution is -0.141. The highest BCUT2D eigenvalue weighted by Crippen LogP contribution is 2.20. The molecule has 1 N–H and O–H groups in total. The van der Waals surface area contributed by atoms with E-state index in [9.17, 15) is 4.79 Å². The molecule has 1 aromatic rings. The number of hydrogen-bond donors (Lipinski definition) is 1. The quantitative estimate of drug-likeness (QED) is 0.842. The maximum Gasteiger partial charge on any atom is 0.242 e. The molecule has 0 saturated carbocycles. The Morgan fingerprint density at radius 3 is 3.19 bits per heavy atom. The van der Waals surface area contributed by atoms with Crippen molar-refractivity contribution in [1.29, 1.82) is 0 Å². The van der Waals surface area contributed by atoms with Gasteiger partial charge in [0.25, 0.3) is 0 Å². The fourth-order valence-corrected chi connectivity index (χ4v) is 3.21. The van der Waals surface area contributed by atoms with E-state index in [-0.39, 0.29) is 18.1 Å². The number of nitrogens with zero attached hydrogens (tertiary/aromatic N) is 4. The van der Waals surface area contributed by atoms with Crippen LogP contribution in [0.4, 0.5) is 0 Å². The summed E-state index contributed by atoms with van der Waals surface area (Å²) >= 11 is 0. The van der Waals surface area contributed by atoms with Gasteiger partial charge in [-0.2, -0.15) is 5.10 Å². The highest BCUT2D eigenvalue weighted by Gasteiger charge is 2.34. The second-order valence-electron chi connectivity index (χ2n) is 5.92. The molecule has 7 nitrogen and oxygen atoms in total. The molecule has 1 amide bonds. The zero-order valence-electron chi connectivity index (χ0n) is 12.4. The van der Waals surface area contributed by atoms with Crippen LogP contribution < -0.4 is 5.32 Å². The van der Waals surface area contributed by atoms with Gasteiger partial charge in [0.05, 0.1) is 12.7 Å². The van der Waals surface area contributed by atoms with Crippen LogP contribution in [-0.2, 0) is 16.1 Å². The van der Waals surface area contributed by atoms with E-state index in [4.69, 9.17) is 4.74 Å². The fourth-order valence-electron chi connectivity index (χ4n) is 3.21. The topological polar surface area (TPSA) is 72.3 Å². The molecule has 7 heteroatoms. The average molecular weight is 293 g/mol. The van der Waals surface area contributed by atoms with Crippen LogP contribution in [0.25, 0.3) is 0 Å². The van der Waals surface area contributed by atoms with Crippen molar-refractivity contribution in [3.8, 4) is 0 Å². The first-order chi connectivity index (χ1) is 10.2. The van der Waals surface area contributed by atoms with Crippen molar-refractivity contribution in [1.82, 2.24) is 25.0 Å². The Morgan fingerprint density at radius 2 is 2.43 bits per heavy atom. The normalized spacial score (nSPS) is 30.3. The maximum absolute atomic E-state index is 12.7. The minimum Gasteiger partial charge on any atom is -0.375 e. The standard InChI is InChI=1S/C14H23N5O2/c1-11-13(16-4-6-21-11)14(20)18-5-2-3-12(7-18)8-19-10-15-9-17-19/h9-13,16H,2-8H2,1H3/t11-,12?,13+/m1/s1. The van der Waals surface area contributed by atoms with Gasteiger partial charge in [-0.25, -0.2) is 4.98 Å². The number of rotatable bonds is 3. The highest BCUT2D eigenvalue weighted by atomic mass is 16.5. The first-order valence-electron chi connectivity index (χ1n) is 7.70. The van der Waals surface area contributed by atoms with Crippen LogP contribution in [0, 0.1) is 5.92 Å². The Hall–Kier alpha value is -1.47. The number of hydrogen-bond acceptors (Lipinski definition) is 5. The molecule has 0 aromatic carbocycles. The van der Waals surface area contributed by atoms with E-state index in [2.05, 4.69) is 15.4 Å². The van der Waals surface area contributed by atoms with Crippen LogP contribution in [0.1, 0.15) is 19.8 Å². The predicted octanol–water partition coefficient (Wildman–Crippen LogP) is -0.106. The summed E-state index contributed by atoms with van der Waals surface area (Å²) in [7, 11) is 0. The van der Waals surface area contributed by atoms with E-state index in [1.807, 2.05) is 16.5 Å². The van der Waals surface area contributed by atoms with E-state index < -0.39 is 0 Å². The van der Waals surface area contributed by atoms with Gasteiger partial charge in [-0.1, -0.05) is 0 Å². The van der Waals surface area contributed by atoms with Crippen molar-refractivity contribution in [2.24, 2.45) is 5.92 Å². The molecule has 2 aliphatic heterocycles. The molecule has 0 bridgehead atoms. The summed E-state index contributed by atoms with van der Waals surface area (Å²) in [6.45, 7) is 5.86. The second-order valence-corrected chi connectivity index (χ2v) is 5.92. The van der Waals surface area contributed by atoms with E-state index in [1.165, 1.54) is 0 Å². The lowest BCUT2D eigenvalue weighted by atomic mass is 9.96. The third-order valence-electron chi connectivity index (χ3n) is 4.33. The molecule has 2 aliphatic rings. The number of aromatic nitrogens is 3. The maximum atomic E-state index is 12.7. The van der Waals surface area contributed by atoms with Crippen molar-refractivity contribution in [3.05, 3.63) is 12.7 Å². The zero-order chi connectivity index (χ0) is 14.7. The summed E-state index contributed by atoms with van der Waals surface area (Å²) < 4.78 is 7.43. The average Bonchev–Trinajstić information content (AvgIpc) is 3.00. The molecule has 2 fully saturated rings. The van der Waals surface area contributed by atoms with Crippen LogP contribution in [0.2, 0.25) is 0 Å². The van der Waals surface area contributed by atoms with Crippen LogP contribution in [-0.4, -0.2) is 64.0 Å². The van der Waals surface area contributed by atoms with Gasteiger partial charge >= 0.3 is 0 Å². The van der Waals surface area contributed by atoms with Gasteiger partial charge in [0.1, 0.15) is 18.7 Å². The Balaban J connectivity index is 1.58. The number of carbonyl (C=O) groups excluding carboxylic acids is 1. The molecule has 116 valence electrons. The van der Waals surface area contributed by atoms with E-state index in [0.29, 0.717) is 12.5 Å². The fraction of sp³-hybridized carbons (Fsp3) is 0.786. The molecule has 3 rings (SSSR count). The van der Waals surface area contributed by atoms with E-state index in [1.54, 1.807) is 12.7 Å². The smallest absolute Gasteiger partial charge is 0.242 e. The van der Waals surface area contributed by atoms with Gasteiger partial charge in [-0.15, -0.1) is 0 Å². The molecule has 3 heterocycles. The Bertz CT molecular complexity index is 464. The monoisotopic (exact) mass is 293 g/mol. The lowest BCUT2D eigenvalue weighted by Crippen LogP contribution is -2.58. The van der Waals surface area contributed by atoms with Crippen LogP contribution in [0.15, 0.2) is 12.7 Å². The molecule has 3 atom stereocenters. The van der Waals surface area contributed by atoms with Gasteiger partial charge in [-0.3, -0.25) is 9.48 Å². The van der Waals surface area contributed by atoms with Gasteiger partial charge in [0.15, 0.2) is 0 Å². The molecule has 21 heavy (non-hydrogen) atoms. The van der Waals surface area contributed by atoms with Gasteiger partial charge in [0, 0.05) is 26.2 Å². The molecule has 1 unspecified atom stereocenters.